The molecular formula is C16H18FN3O3. The third-order valence-electron chi connectivity index (χ3n) is 4.10. The molecule has 1 fully saturated rings. The summed E-state index contributed by atoms with van der Waals surface area (Å²) in [5.41, 5.74) is 0.943. The van der Waals surface area contributed by atoms with Crippen molar-refractivity contribution in [3.05, 3.63) is 29.7 Å². The number of aromatic nitrogens is 1. The summed E-state index contributed by atoms with van der Waals surface area (Å²) in [4.78, 5) is 19.7. The Morgan fingerprint density at radius 2 is 1.96 bits per heavy atom. The van der Waals surface area contributed by atoms with Crippen LogP contribution in [-0.2, 0) is 0 Å². The normalized spacial score (nSPS) is 15.9. The lowest BCUT2D eigenvalue weighted by molar-refractivity contribution is 0.0690. The number of hydrogen-bond donors (Lipinski definition) is 1. The third kappa shape index (κ3) is 2.92. The lowest BCUT2D eigenvalue weighted by atomic mass is 10.1. The van der Waals surface area contributed by atoms with Gasteiger partial charge in [0.25, 0.3) is 0 Å². The minimum absolute atomic E-state index is 0.115. The number of ether oxygens (including phenoxy) is 1. The minimum Gasteiger partial charge on any atom is -0.496 e. The maximum atomic E-state index is 14.1. The van der Waals surface area contributed by atoms with E-state index < -0.39 is 11.8 Å². The first kappa shape index (κ1) is 15.5. The van der Waals surface area contributed by atoms with Crippen LogP contribution >= 0.6 is 0 Å². The van der Waals surface area contributed by atoms with Gasteiger partial charge in [-0.25, -0.2) is 14.2 Å². The van der Waals surface area contributed by atoms with E-state index in [9.17, 15) is 14.3 Å². The highest BCUT2D eigenvalue weighted by Crippen LogP contribution is 2.33. The molecule has 1 aromatic carbocycles. The molecular weight excluding hydrogens is 301 g/mol. The standard InChI is InChI=1S/C16H18FN3O3/c1-19-3-5-20(6-4-19)13-8-10(17)7-11-14(23-2)9-12(16(21)22)18-15(11)13/h7-9H,3-6H2,1-2H3,(H,21,22). The molecule has 0 amide bonds. The fraction of sp³-hybridized carbons (Fsp3) is 0.375. The Morgan fingerprint density at radius 1 is 1.26 bits per heavy atom. The number of aromatic carboxylic acids is 1. The van der Waals surface area contributed by atoms with E-state index in [-0.39, 0.29) is 5.69 Å². The molecule has 0 spiro atoms. The number of benzene rings is 1. The van der Waals surface area contributed by atoms with E-state index in [2.05, 4.69) is 9.88 Å². The molecule has 2 aromatic rings. The molecule has 3 rings (SSSR count). The summed E-state index contributed by atoms with van der Waals surface area (Å²) in [5, 5.41) is 9.72. The van der Waals surface area contributed by atoms with Crippen molar-refractivity contribution >= 4 is 22.6 Å². The van der Waals surface area contributed by atoms with Gasteiger partial charge in [-0.1, -0.05) is 0 Å². The highest BCUT2D eigenvalue weighted by Gasteiger charge is 2.21. The number of likely N-dealkylation sites (N-methyl/N-ethyl adjacent to an activating group) is 1. The number of halogens is 1. The van der Waals surface area contributed by atoms with E-state index in [4.69, 9.17) is 4.74 Å². The van der Waals surface area contributed by atoms with Gasteiger partial charge in [0.1, 0.15) is 11.6 Å². The van der Waals surface area contributed by atoms with E-state index in [1.807, 2.05) is 11.9 Å². The number of anilines is 1. The Bertz CT molecular complexity index is 758. The SMILES string of the molecule is COc1cc(C(=O)O)nc2c(N3CCN(C)CC3)cc(F)cc12. The molecule has 0 aliphatic carbocycles. The Morgan fingerprint density at radius 3 is 2.57 bits per heavy atom. The number of hydrogen-bond acceptors (Lipinski definition) is 5. The highest BCUT2D eigenvalue weighted by atomic mass is 19.1. The number of pyridine rings is 1. The van der Waals surface area contributed by atoms with Gasteiger partial charge in [0.05, 0.1) is 18.3 Å². The molecule has 0 radical (unpaired) electrons. The van der Waals surface area contributed by atoms with Crippen LogP contribution in [0.4, 0.5) is 10.1 Å². The predicted molar refractivity (Wildman–Crippen MR) is 84.9 cm³/mol. The Labute approximate surface area is 133 Å². The van der Waals surface area contributed by atoms with Crippen molar-refractivity contribution in [3.8, 4) is 5.75 Å². The molecule has 122 valence electrons. The smallest absolute Gasteiger partial charge is 0.354 e. The third-order valence-corrected chi connectivity index (χ3v) is 4.10. The number of carbonyl (C=O) groups is 1. The van der Waals surface area contributed by atoms with Crippen LogP contribution in [0.5, 0.6) is 5.75 Å². The van der Waals surface area contributed by atoms with Gasteiger partial charge < -0.3 is 19.6 Å². The zero-order valence-corrected chi connectivity index (χ0v) is 13.0. The average Bonchev–Trinajstić information content (AvgIpc) is 2.53. The van der Waals surface area contributed by atoms with Crippen LogP contribution < -0.4 is 9.64 Å². The summed E-state index contributed by atoms with van der Waals surface area (Å²) in [7, 11) is 3.46. The minimum atomic E-state index is -1.14. The maximum Gasteiger partial charge on any atom is 0.354 e. The van der Waals surface area contributed by atoms with Gasteiger partial charge in [-0.3, -0.25) is 0 Å². The summed E-state index contributed by atoms with van der Waals surface area (Å²) in [6.07, 6.45) is 0. The Kier molecular flexibility index (Phi) is 4.04. The molecule has 23 heavy (non-hydrogen) atoms. The van der Waals surface area contributed by atoms with Crippen molar-refractivity contribution in [1.29, 1.82) is 0 Å². The number of methoxy groups -OCH3 is 1. The topological polar surface area (TPSA) is 65.9 Å². The predicted octanol–water partition coefficient (Wildman–Crippen LogP) is 1.83. The average molecular weight is 319 g/mol. The number of piperazine rings is 1. The lowest BCUT2D eigenvalue weighted by Crippen LogP contribution is -2.44. The van der Waals surface area contributed by atoms with Crippen LogP contribution in [0.1, 0.15) is 10.5 Å². The summed E-state index contributed by atoms with van der Waals surface area (Å²) >= 11 is 0. The van der Waals surface area contributed by atoms with Gasteiger partial charge in [-0.15, -0.1) is 0 Å². The maximum absolute atomic E-state index is 14.1. The lowest BCUT2D eigenvalue weighted by Gasteiger charge is -2.34. The van der Waals surface area contributed by atoms with Crippen molar-refractivity contribution < 1.29 is 19.0 Å². The molecule has 1 saturated heterocycles. The molecule has 2 heterocycles. The number of fused-ring (bicyclic) bond motifs is 1. The second-order valence-corrected chi connectivity index (χ2v) is 5.63. The molecule has 0 bridgehead atoms. The number of carboxylic acids is 1. The van der Waals surface area contributed by atoms with Crippen molar-refractivity contribution in [3.63, 3.8) is 0 Å². The van der Waals surface area contributed by atoms with Crippen LogP contribution in [0.2, 0.25) is 0 Å². The molecule has 0 atom stereocenters. The summed E-state index contributed by atoms with van der Waals surface area (Å²) < 4.78 is 19.3. The van der Waals surface area contributed by atoms with Crippen molar-refractivity contribution in [2.75, 3.05) is 45.2 Å². The van der Waals surface area contributed by atoms with E-state index in [0.29, 0.717) is 22.3 Å². The largest absolute Gasteiger partial charge is 0.496 e. The first-order valence-corrected chi connectivity index (χ1v) is 7.34. The van der Waals surface area contributed by atoms with Gasteiger partial charge >= 0.3 is 5.97 Å². The summed E-state index contributed by atoms with van der Waals surface area (Å²) in [6.45, 7) is 3.17. The van der Waals surface area contributed by atoms with Gasteiger partial charge in [-0.2, -0.15) is 0 Å². The monoisotopic (exact) mass is 319 g/mol. The molecule has 1 aliphatic rings. The van der Waals surface area contributed by atoms with Crippen LogP contribution in [0.3, 0.4) is 0 Å². The van der Waals surface area contributed by atoms with Gasteiger partial charge in [0.2, 0.25) is 0 Å². The van der Waals surface area contributed by atoms with E-state index >= 15 is 0 Å². The number of nitrogens with zero attached hydrogens (tertiary/aromatic N) is 3. The highest BCUT2D eigenvalue weighted by molar-refractivity contribution is 5.99. The van der Waals surface area contributed by atoms with E-state index in [1.165, 1.54) is 25.3 Å². The van der Waals surface area contributed by atoms with E-state index in [1.54, 1.807) is 0 Å². The molecule has 6 nitrogen and oxygen atoms in total. The molecule has 1 N–H and O–H groups in total. The van der Waals surface area contributed by atoms with Crippen molar-refractivity contribution in [2.45, 2.75) is 0 Å². The molecule has 0 saturated carbocycles. The second kappa shape index (κ2) is 6.00. The molecule has 1 aliphatic heterocycles. The van der Waals surface area contributed by atoms with Crippen LogP contribution in [0.25, 0.3) is 10.9 Å². The zero-order chi connectivity index (χ0) is 16.6. The van der Waals surface area contributed by atoms with Crippen molar-refractivity contribution in [2.24, 2.45) is 0 Å². The Balaban J connectivity index is 2.20. The van der Waals surface area contributed by atoms with Crippen LogP contribution in [-0.4, -0.2) is 61.3 Å². The molecule has 7 heteroatoms. The fourth-order valence-corrected chi connectivity index (χ4v) is 2.81. The molecule has 0 unspecified atom stereocenters. The number of rotatable bonds is 3. The van der Waals surface area contributed by atoms with Gasteiger partial charge in [-0.05, 0) is 19.2 Å². The Hall–Kier alpha value is -2.41. The molecule has 1 aromatic heterocycles. The van der Waals surface area contributed by atoms with Crippen molar-refractivity contribution in [1.82, 2.24) is 9.88 Å². The quantitative estimate of drug-likeness (QED) is 0.931. The van der Waals surface area contributed by atoms with Crippen LogP contribution in [0, 0.1) is 5.82 Å². The van der Waals surface area contributed by atoms with Gasteiger partial charge in [0.15, 0.2) is 5.69 Å². The first-order chi connectivity index (χ1) is 11.0. The second-order valence-electron chi connectivity index (χ2n) is 5.63. The van der Waals surface area contributed by atoms with E-state index in [0.717, 1.165) is 26.2 Å². The van der Waals surface area contributed by atoms with Gasteiger partial charge in [0, 0.05) is 37.6 Å². The van der Waals surface area contributed by atoms with Crippen LogP contribution in [0.15, 0.2) is 18.2 Å². The summed E-state index contributed by atoms with van der Waals surface area (Å²) in [6, 6.07) is 4.05. The fourth-order valence-electron chi connectivity index (χ4n) is 2.81. The number of carboxylic acid groups (broad SMARTS) is 1. The zero-order valence-electron chi connectivity index (χ0n) is 13.0. The summed E-state index contributed by atoms with van der Waals surface area (Å²) in [5.74, 6) is -1.23. The first-order valence-electron chi connectivity index (χ1n) is 7.34.